The van der Waals surface area contributed by atoms with Crippen molar-refractivity contribution in [3.05, 3.63) is 40.6 Å². The van der Waals surface area contributed by atoms with Gasteiger partial charge in [0.2, 0.25) is 0 Å². The fourth-order valence-electron chi connectivity index (χ4n) is 2.50. The predicted octanol–water partition coefficient (Wildman–Crippen LogP) is 3.54. The highest BCUT2D eigenvalue weighted by Gasteiger charge is 2.22. The van der Waals surface area contributed by atoms with Gasteiger partial charge in [0, 0.05) is 17.0 Å². The van der Waals surface area contributed by atoms with Crippen molar-refractivity contribution in [1.29, 1.82) is 0 Å². The number of amides is 1. The minimum Gasteiger partial charge on any atom is -0.342 e. The third-order valence-electron chi connectivity index (χ3n) is 3.91. The molecule has 6 heteroatoms. The van der Waals surface area contributed by atoms with Gasteiger partial charge < -0.3 is 10.3 Å². The van der Waals surface area contributed by atoms with Gasteiger partial charge in [0.05, 0.1) is 16.5 Å². The number of aromatic nitrogens is 3. The Morgan fingerprint density at radius 1 is 1.38 bits per heavy atom. The summed E-state index contributed by atoms with van der Waals surface area (Å²) in [6, 6.07) is 5.73. The lowest BCUT2D eigenvalue weighted by Gasteiger charge is -2.22. The van der Waals surface area contributed by atoms with Crippen molar-refractivity contribution in [3.63, 3.8) is 0 Å². The minimum absolute atomic E-state index is 0.186. The molecule has 0 spiro atoms. The smallest absolute Gasteiger partial charge is 0.275 e. The van der Waals surface area contributed by atoms with Crippen molar-refractivity contribution in [3.8, 4) is 0 Å². The van der Waals surface area contributed by atoms with E-state index in [1.165, 1.54) is 30.6 Å². The van der Waals surface area contributed by atoms with Crippen LogP contribution in [0.4, 0.5) is 5.69 Å². The molecule has 2 heterocycles. The normalized spacial score (nSPS) is 15.0. The van der Waals surface area contributed by atoms with E-state index in [4.69, 9.17) is 0 Å². The monoisotopic (exact) mass is 298 g/mol. The first-order valence-electron chi connectivity index (χ1n) is 6.99. The molecule has 1 aliphatic rings. The quantitative estimate of drug-likeness (QED) is 0.777. The zero-order valence-corrected chi connectivity index (χ0v) is 12.1. The van der Waals surface area contributed by atoms with E-state index in [-0.39, 0.29) is 5.91 Å². The summed E-state index contributed by atoms with van der Waals surface area (Å²) >= 11 is 1.41. The Morgan fingerprint density at radius 3 is 3.00 bits per heavy atom. The molecule has 1 fully saturated rings. The molecule has 1 saturated carbocycles. The number of aromatic amines is 1. The topological polar surface area (TPSA) is 70.7 Å². The number of fused-ring (bicyclic) bond motifs is 1. The fourth-order valence-corrected chi connectivity index (χ4v) is 3.03. The maximum absolute atomic E-state index is 12.0. The summed E-state index contributed by atoms with van der Waals surface area (Å²) in [5.74, 6) is 1.46. The van der Waals surface area contributed by atoms with E-state index >= 15 is 0 Å². The molecule has 5 nitrogen and oxygen atoms in total. The third-order valence-corrected chi connectivity index (χ3v) is 4.50. The van der Waals surface area contributed by atoms with Gasteiger partial charge in [-0.3, -0.25) is 4.79 Å². The summed E-state index contributed by atoms with van der Waals surface area (Å²) in [6.45, 7) is 0. The van der Waals surface area contributed by atoms with Crippen LogP contribution in [0.3, 0.4) is 0 Å². The Labute approximate surface area is 125 Å². The van der Waals surface area contributed by atoms with Crippen molar-refractivity contribution in [2.24, 2.45) is 0 Å². The number of nitrogens with one attached hydrogen (secondary N) is 2. The molecule has 1 amide bonds. The Morgan fingerprint density at radius 2 is 2.29 bits per heavy atom. The van der Waals surface area contributed by atoms with E-state index in [1.54, 1.807) is 10.9 Å². The van der Waals surface area contributed by atoms with Crippen LogP contribution in [0.2, 0.25) is 0 Å². The molecular weight excluding hydrogens is 284 g/mol. The number of thiazole rings is 1. The SMILES string of the molecule is O=C(Nc1ccc2nc(C3CCC3)[nH]c2c1)c1cscn1. The molecule has 0 saturated heterocycles. The number of imidazole rings is 1. The molecule has 21 heavy (non-hydrogen) atoms. The molecule has 0 bridgehead atoms. The standard InChI is InChI=1S/C15H14N4OS/c20-15(13-7-21-8-16-13)17-10-4-5-11-12(6-10)19-14(18-11)9-2-1-3-9/h4-9H,1-3H2,(H,17,20)(H,18,19). The van der Waals surface area contributed by atoms with Crippen LogP contribution in [0.5, 0.6) is 0 Å². The van der Waals surface area contributed by atoms with E-state index in [0.29, 0.717) is 11.6 Å². The zero-order chi connectivity index (χ0) is 14.2. The summed E-state index contributed by atoms with van der Waals surface area (Å²) in [6.07, 6.45) is 3.72. The van der Waals surface area contributed by atoms with Crippen molar-refractivity contribution in [2.75, 3.05) is 5.32 Å². The van der Waals surface area contributed by atoms with Crippen LogP contribution >= 0.6 is 11.3 Å². The average Bonchev–Trinajstić information content (AvgIpc) is 3.04. The van der Waals surface area contributed by atoms with Crippen LogP contribution in [-0.2, 0) is 0 Å². The lowest BCUT2D eigenvalue weighted by molar-refractivity contribution is 0.102. The number of hydrogen-bond donors (Lipinski definition) is 2. The van der Waals surface area contributed by atoms with Crippen LogP contribution < -0.4 is 5.32 Å². The number of nitrogens with zero attached hydrogens (tertiary/aromatic N) is 2. The van der Waals surface area contributed by atoms with E-state index in [1.807, 2.05) is 18.2 Å². The summed E-state index contributed by atoms with van der Waals surface area (Å²) in [4.78, 5) is 24.0. The highest BCUT2D eigenvalue weighted by atomic mass is 32.1. The number of hydrogen-bond acceptors (Lipinski definition) is 4. The van der Waals surface area contributed by atoms with Gasteiger partial charge in [-0.2, -0.15) is 0 Å². The lowest BCUT2D eigenvalue weighted by Crippen LogP contribution is -2.11. The molecule has 0 unspecified atom stereocenters. The Balaban J connectivity index is 1.59. The second-order valence-corrected chi connectivity index (χ2v) is 6.03. The largest absolute Gasteiger partial charge is 0.342 e. The first kappa shape index (κ1) is 12.5. The Bertz CT molecular complexity index is 789. The molecule has 4 rings (SSSR count). The van der Waals surface area contributed by atoms with E-state index in [2.05, 4.69) is 20.3 Å². The van der Waals surface area contributed by atoms with Crippen LogP contribution in [0.15, 0.2) is 29.1 Å². The number of anilines is 1. The molecule has 2 N–H and O–H groups in total. The van der Waals surface area contributed by atoms with Crippen LogP contribution in [0.25, 0.3) is 11.0 Å². The molecule has 1 aromatic carbocycles. The number of rotatable bonds is 3. The second-order valence-electron chi connectivity index (χ2n) is 5.31. The van der Waals surface area contributed by atoms with Crippen LogP contribution in [0, 0.1) is 0 Å². The predicted molar refractivity (Wildman–Crippen MR) is 82.8 cm³/mol. The Kier molecular flexibility index (Phi) is 2.96. The highest BCUT2D eigenvalue weighted by Crippen LogP contribution is 2.35. The van der Waals surface area contributed by atoms with Gasteiger partial charge in [0.1, 0.15) is 11.5 Å². The summed E-state index contributed by atoms with van der Waals surface area (Å²) < 4.78 is 0. The van der Waals surface area contributed by atoms with Gasteiger partial charge in [-0.15, -0.1) is 11.3 Å². The number of benzene rings is 1. The Hall–Kier alpha value is -2.21. The summed E-state index contributed by atoms with van der Waals surface area (Å²) in [5, 5.41) is 4.60. The molecule has 0 radical (unpaired) electrons. The van der Waals surface area contributed by atoms with Gasteiger partial charge in [0.25, 0.3) is 5.91 Å². The fraction of sp³-hybridized carbons (Fsp3) is 0.267. The van der Waals surface area contributed by atoms with Gasteiger partial charge in [-0.1, -0.05) is 6.42 Å². The maximum Gasteiger partial charge on any atom is 0.275 e. The third kappa shape index (κ3) is 2.31. The zero-order valence-electron chi connectivity index (χ0n) is 11.3. The average molecular weight is 298 g/mol. The van der Waals surface area contributed by atoms with Crippen molar-refractivity contribution in [1.82, 2.24) is 15.0 Å². The molecule has 1 aliphatic carbocycles. The first-order valence-corrected chi connectivity index (χ1v) is 7.93. The van der Waals surface area contributed by atoms with Crippen molar-refractivity contribution < 1.29 is 4.79 Å². The molecule has 106 valence electrons. The molecule has 3 aromatic rings. The summed E-state index contributed by atoms with van der Waals surface area (Å²) in [7, 11) is 0. The van der Waals surface area contributed by atoms with Gasteiger partial charge in [0.15, 0.2) is 0 Å². The highest BCUT2D eigenvalue weighted by molar-refractivity contribution is 7.07. The van der Waals surface area contributed by atoms with Gasteiger partial charge >= 0.3 is 0 Å². The van der Waals surface area contributed by atoms with Gasteiger partial charge in [-0.05, 0) is 31.0 Å². The van der Waals surface area contributed by atoms with E-state index in [9.17, 15) is 4.79 Å². The first-order chi connectivity index (χ1) is 10.3. The van der Waals surface area contributed by atoms with Crippen LogP contribution in [0.1, 0.15) is 41.5 Å². The molecule has 2 aromatic heterocycles. The lowest BCUT2D eigenvalue weighted by atomic mass is 9.85. The van der Waals surface area contributed by atoms with Crippen molar-refractivity contribution >= 4 is 34.0 Å². The number of carbonyl (C=O) groups excluding carboxylic acids is 1. The van der Waals surface area contributed by atoms with Gasteiger partial charge in [-0.25, -0.2) is 9.97 Å². The molecular formula is C15H14N4OS. The second kappa shape index (κ2) is 4.96. The number of carbonyl (C=O) groups is 1. The summed E-state index contributed by atoms with van der Waals surface area (Å²) in [5.41, 5.74) is 4.76. The van der Waals surface area contributed by atoms with Crippen molar-refractivity contribution in [2.45, 2.75) is 25.2 Å². The van der Waals surface area contributed by atoms with E-state index in [0.717, 1.165) is 22.5 Å². The van der Waals surface area contributed by atoms with Crippen LogP contribution in [-0.4, -0.2) is 20.9 Å². The maximum atomic E-state index is 12.0. The molecule has 0 aliphatic heterocycles. The minimum atomic E-state index is -0.186. The van der Waals surface area contributed by atoms with E-state index < -0.39 is 0 Å². The molecule has 0 atom stereocenters. The number of H-pyrrole nitrogens is 1.